The number of rotatable bonds is 5. The monoisotopic (exact) mass is 293 g/mol. The summed E-state index contributed by atoms with van der Waals surface area (Å²) < 4.78 is 5.52. The van der Waals surface area contributed by atoms with Crippen LogP contribution in [0.4, 0.5) is 11.4 Å². The third kappa shape index (κ3) is 3.37. The fourth-order valence-electron chi connectivity index (χ4n) is 1.63. The van der Waals surface area contributed by atoms with Crippen LogP contribution in [0.1, 0.15) is 5.56 Å². The van der Waals surface area contributed by atoms with Crippen molar-refractivity contribution in [2.75, 3.05) is 5.43 Å². The SMILES string of the molecule is NNc1cc(OCc2ccccc2Cl)cc([N+](=O)[O-])c1. The van der Waals surface area contributed by atoms with E-state index in [-0.39, 0.29) is 12.3 Å². The molecular formula is C13H12ClN3O3. The fraction of sp³-hybridized carbons (Fsp3) is 0.0769. The number of hydrogen-bond donors (Lipinski definition) is 2. The number of nitro benzene ring substituents is 1. The molecule has 0 fully saturated rings. The van der Waals surface area contributed by atoms with Crippen molar-refractivity contribution in [3.05, 3.63) is 63.2 Å². The number of nitro groups is 1. The Morgan fingerprint density at radius 1 is 1.30 bits per heavy atom. The average Bonchev–Trinajstić information content (AvgIpc) is 2.46. The van der Waals surface area contributed by atoms with Crippen molar-refractivity contribution in [2.45, 2.75) is 6.61 Å². The first kappa shape index (κ1) is 14.1. The summed E-state index contributed by atoms with van der Waals surface area (Å²) in [7, 11) is 0. The van der Waals surface area contributed by atoms with Crippen molar-refractivity contribution in [1.29, 1.82) is 0 Å². The molecule has 2 rings (SSSR count). The maximum atomic E-state index is 10.8. The molecule has 0 heterocycles. The first-order valence-corrected chi connectivity index (χ1v) is 6.10. The van der Waals surface area contributed by atoms with Crippen LogP contribution in [0.15, 0.2) is 42.5 Å². The summed E-state index contributed by atoms with van der Waals surface area (Å²) in [5, 5.41) is 11.4. The number of nitrogens with two attached hydrogens (primary N) is 1. The molecule has 7 heteroatoms. The van der Waals surface area contributed by atoms with Crippen molar-refractivity contribution in [3.63, 3.8) is 0 Å². The van der Waals surface area contributed by atoms with E-state index in [2.05, 4.69) is 5.43 Å². The molecule has 0 saturated heterocycles. The highest BCUT2D eigenvalue weighted by molar-refractivity contribution is 6.31. The minimum Gasteiger partial charge on any atom is -0.489 e. The van der Waals surface area contributed by atoms with Gasteiger partial charge in [0.1, 0.15) is 12.4 Å². The van der Waals surface area contributed by atoms with Gasteiger partial charge in [-0.15, -0.1) is 0 Å². The molecule has 3 N–H and O–H groups in total. The molecule has 0 aromatic heterocycles. The van der Waals surface area contributed by atoms with Gasteiger partial charge in [0.2, 0.25) is 0 Å². The van der Waals surface area contributed by atoms with Crippen molar-refractivity contribution in [3.8, 4) is 5.75 Å². The highest BCUT2D eigenvalue weighted by atomic mass is 35.5. The van der Waals surface area contributed by atoms with Crippen LogP contribution in [0.5, 0.6) is 5.75 Å². The van der Waals surface area contributed by atoms with Gasteiger partial charge in [0.05, 0.1) is 16.7 Å². The van der Waals surface area contributed by atoms with Crippen molar-refractivity contribution >= 4 is 23.0 Å². The molecule has 0 atom stereocenters. The molecule has 2 aromatic carbocycles. The maximum absolute atomic E-state index is 10.8. The zero-order valence-electron chi connectivity index (χ0n) is 10.4. The Bertz CT molecular complexity index is 634. The number of hydrazine groups is 1. The number of ether oxygens (including phenoxy) is 1. The number of halogens is 1. The number of non-ortho nitro benzene ring substituents is 1. The van der Waals surface area contributed by atoms with Crippen molar-refractivity contribution < 1.29 is 9.66 Å². The summed E-state index contributed by atoms with van der Waals surface area (Å²) in [6, 6.07) is 11.5. The van der Waals surface area contributed by atoms with Crippen LogP contribution in [-0.2, 0) is 6.61 Å². The van der Waals surface area contributed by atoms with Gasteiger partial charge in [-0.1, -0.05) is 29.8 Å². The van der Waals surface area contributed by atoms with E-state index in [1.165, 1.54) is 12.1 Å². The first-order valence-electron chi connectivity index (χ1n) is 5.72. The molecule has 20 heavy (non-hydrogen) atoms. The molecule has 6 nitrogen and oxygen atoms in total. The maximum Gasteiger partial charge on any atom is 0.275 e. The molecule has 0 aliphatic rings. The Hall–Kier alpha value is -2.31. The van der Waals surface area contributed by atoms with E-state index in [1.807, 2.05) is 18.2 Å². The Labute approximate surface area is 120 Å². The molecule has 0 spiro atoms. The van der Waals surface area contributed by atoms with Gasteiger partial charge in [0, 0.05) is 22.7 Å². The van der Waals surface area contributed by atoms with Gasteiger partial charge in [0.15, 0.2) is 0 Å². The zero-order valence-corrected chi connectivity index (χ0v) is 11.1. The molecule has 0 amide bonds. The Balaban J connectivity index is 2.19. The summed E-state index contributed by atoms with van der Waals surface area (Å²) in [5.74, 6) is 5.61. The van der Waals surface area contributed by atoms with Gasteiger partial charge in [-0.2, -0.15) is 0 Å². The molecule has 0 aliphatic carbocycles. The predicted octanol–water partition coefficient (Wildman–Crippen LogP) is 3.11. The van der Waals surface area contributed by atoms with Gasteiger partial charge >= 0.3 is 0 Å². The van der Waals surface area contributed by atoms with Gasteiger partial charge < -0.3 is 10.2 Å². The smallest absolute Gasteiger partial charge is 0.275 e. The molecule has 0 bridgehead atoms. The first-order chi connectivity index (χ1) is 9.60. The highest BCUT2D eigenvalue weighted by Gasteiger charge is 2.10. The summed E-state index contributed by atoms with van der Waals surface area (Å²) in [4.78, 5) is 10.3. The topological polar surface area (TPSA) is 90.4 Å². The Kier molecular flexibility index (Phi) is 4.39. The minimum atomic E-state index is -0.511. The van der Waals surface area contributed by atoms with E-state index in [1.54, 1.807) is 12.1 Å². The quantitative estimate of drug-likeness (QED) is 0.502. The van der Waals surface area contributed by atoms with Crippen LogP contribution in [0.3, 0.4) is 0 Å². The third-order valence-electron chi connectivity index (χ3n) is 2.62. The Morgan fingerprint density at radius 2 is 2.05 bits per heavy atom. The number of benzene rings is 2. The molecule has 0 unspecified atom stereocenters. The van der Waals surface area contributed by atoms with Crippen LogP contribution in [0.25, 0.3) is 0 Å². The lowest BCUT2D eigenvalue weighted by Gasteiger charge is -2.09. The van der Waals surface area contributed by atoms with Gasteiger partial charge in [0.25, 0.3) is 5.69 Å². The van der Waals surface area contributed by atoms with Crippen LogP contribution >= 0.6 is 11.6 Å². The third-order valence-corrected chi connectivity index (χ3v) is 2.99. The van der Waals surface area contributed by atoms with Gasteiger partial charge in [-0.3, -0.25) is 16.0 Å². The summed E-state index contributed by atoms with van der Waals surface area (Å²) >= 11 is 6.01. The minimum absolute atomic E-state index is 0.102. The second-order valence-electron chi connectivity index (χ2n) is 4.00. The second-order valence-corrected chi connectivity index (χ2v) is 4.40. The molecule has 2 aromatic rings. The average molecular weight is 294 g/mol. The number of anilines is 1. The lowest BCUT2D eigenvalue weighted by atomic mass is 10.2. The predicted molar refractivity (Wildman–Crippen MR) is 76.7 cm³/mol. The van der Waals surface area contributed by atoms with Gasteiger partial charge in [-0.05, 0) is 6.07 Å². The summed E-state index contributed by atoms with van der Waals surface area (Å²) in [6.45, 7) is 0.213. The lowest BCUT2D eigenvalue weighted by molar-refractivity contribution is -0.384. The van der Waals surface area contributed by atoms with E-state index in [0.29, 0.717) is 16.5 Å². The van der Waals surface area contributed by atoms with Crippen molar-refractivity contribution in [2.24, 2.45) is 5.84 Å². The molecule has 0 radical (unpaired) electrons. The summed E-state index contributed by atoms with van der Waals surface area (Å²) in [6.07, 6.45) is 0. The molecule has 0 aliphatic heterocycles. The van der Waals surface area contributed by atoms with E-state index in [4.69, 9.17) is 22.2 Å². The largest absolute Gasteiger partial charge is 0.489 e. The van der Waals surface area contributed by atoms with E-state index < -0.39 is 4.92 Å². The Morgan fingerprint density at radius 3 is 2.70 bits per heavy atom. The summed E-state index contributed by atoms with van der Waals surface area (Å²) in [5.41, 5.74) is 3.45. The fourth-order valence-corrected chi connectivity index (χ4v) is 1.82. The highest BCUT2D eigenvalue weighted by Crippen LogP contribution is 2.26. The van der Waals surface area contributed by atoms with E-state index in [9.17, 15) is 10.1 Å². The van der Waals surface area contributed by atoms with Crippen molar-refractivity contribution in [1.82, 2.24) is 0 Å². The number of nitrogen functional groups attached to an aromatic ring is 1. The second kappa shape index (κ2) is 6.23. The number of hydrogen-bond acceptors (Lipinski definition) is 5. The van der Waals surface area contributed by atoms with Gasteiger partial charge in [-0.25, -0.2) is 0 Å². The van der Waals surface area contributed by atoms with Crippen LogP contribution in [0, 0.1) is 10.1 Å². The molecular weight excluding hydrogens is 282 g/mol. The standard InChI is InChI=1S/C13H12ClN3O3/c14-13-4-2-1-3-9(13)8-20-12-6-10(16-15)5-11(7-12)17(18)19/h1-7,16H,8,15H2. The van der Waals surface area contributed by atoms with Crippen LogP contribution in [0.2, 0.25) is 5.02 Å². The van der Waals surface area contributed by atoms with Crippen LogP contribution < -0.4 is 16.0 Å². The number of nitrogens with one attached hydrogen (secondary N) is 1. The normalized spacial score (nSPS) is 10.1. The van der Waals surface area contributed by atoms with Crippen LogP contribution in [-0.4, -0.2) is 4.92 Å². The van der Waals surface area contributed by atoms with E-state index >= 15 is 0 Å². The number of nitrogens with zero attached hydrogens (tertiary/aromatic N) is 1. The molecule has 0 saturated carbocycles. The zero-order chi connectivity index (χ0) is 14.5. The lowest BCUT2D eigenvalue weighted by Crippen LogP contribution is -2.07. The van der Waals surface area contributed by atoms with E-state index in [0.717, 1.165) is 5.56 Å². The molecule has 104 valence electrons.